The van der Waals surface area contributed by atoms with Gasteiger partial charge in [0, 0.05) is 20.1 Å². The first kappa shape index (κ1) is 13.7. The first-order chi connectivity index (χ1) is 9.54. The molecule has 108 valence electrons. The van der Waals surface area contributed by atoms with Gasteiger partial charge < -0.3 is 19.0 Å². The number of fused-ring (bicyclic) bond motifs is 1. The number of aromatic nitrogens is 2. The summed E-state index contributed by atoms with van der Waals surface area (Å²) in [5.74, 6) is -0.230. The molecule has 2 aromatic rings. The SMILES string of the molecule is COC1(Cn2c(=S)[nH]c3cc(F)c(C)cc32)CCOC1. The third-order valence-electron chi connectivity index (χ3n) is 4.00. The van der Waals surface area contributed by atoms with Crippen molar-refractivity contribution in [1.29, 1.82) is 0 Å². The molecule has 0 radical (unpaired) electrons. The lowest BCUT2D eigenvalue weighted by Gasteiger charge is -2.26. The fourth-order valence-electron chi connectivity index (χ4n) is 2.67. The molecule has 1 unspecified atom stereocenters. The van der Waals surface area contributed by atoms with Crippen LogP contribution in [0, 0.1) is 17.5 Å². The zero-order valence-electron chi connectivity index (χ0n) is 11.5. The predicted molar refractivity (Wildman–Crippen MR) is 77.0 cm³/mol. The van der Waals surface area contributed by atoms with E-state index in [4.69, 9.17) is 21.7 Å². The average molecular weight is 296 g/mol. The summed E-state index contributed by atoms with van der Waals surface area (Å²) in [4.78, 5) is 3.05. The van der Waals surface area contributed by atoms with Crippen LogP contribution in [0.1, 0.15) is 12.0 Å². The number of aryl methyl sites for hydroxylation is 1. The number of methoxy groups -OCH3 is 1. The number of nitrogens with zero attached hydrogens (tertiary/aromatic N) is 1. The van der Waals surface area contributed by atoms with Gasteiger partial charge in [-0.1, -0.05) is 0 Å². The summed E-state index contributed by atoms with van der Waals surface area (Å²) < 4.78 is 27.3. The number of rotatable bonds is 3. The van der Waals surface area contributed by atoms with Crippen molar-refractivity contribution in [1.82, 2.24) is 9.55 Å². The molecule has 1 aromatic heterocycles. The summed E-state index contributed by atoms with van der Waals surface area (Å²) in [7, 11) is 1.69. The minimum Gasteiger partial charge on any atom is -0.378 e. The molecule has 1 saturated heterocycles. The molecule has 0 saturated carbocycles. The third kappa shape index (κ3) is 2.17. The van der Waals surface area contributed by atoms with Gasteiger partial charge in [-0.25, -0.2) is 4.39 Å². The van der Waals surface area contributed by atoms with Gasteiger partial charge in [-0.2, -0.15) is 0 Å². The van der Waals surface area contributed by atoms with Crippen molar-refractivity contribution < 1.29 is 13.9 Å². The molecule has 3 rings (SSSR count). The van der Waals surface area contributed by atoms with E-state index in [0.29, 0.717) is 35.6 Å². The summed E-state index contributed by atoms with van der Waals surface area (Å²) in [6, 6.07) is 3.30. The van der Waals surface area contributed by atoms with Crippen LogP contribution in [-0.4, -0.2) is 35.5 Å². The van der Waals surface area contributed by atoms with Gasteiger partial charge >= 0.3 is 0 Å². The van der Waals surface area contributed by atoms with E-state index in [2.05, 4.69) is 4.98 Å². The van der Waals surface area contributed by atoms with Crippen LogP contribution in [0.25, 0.3) is 11.0 Å². The number of benzene rings is 1. The van der Waals surface area contributed by atoms with Crippen LogP contribution in [0.2, 0.25) is 0 Å². The normalized spacial score (nSPS) is 22.8. The summed E-state index contributed by atoms with van der Waals surface area (Å²) in [5, 5.41) is 0. The quantitative estimate of drug-likeness (QED) is 0.885. The van der Waals surface area contributed by atoms with Crippen LogP contribution in [0.3, 0.4) is 0 Å². The van der Waals surface area contributed by atoms with Crippen molar-refractivity contribution in [2.24, 2.45) is 0 Å². The van der Waals surface area contributed by atoms with E-state index >= 15 is 0 Å². The summed E-state index contributed by atoms with van der Waals surface area (Å²) >= 11 is 5.36. The van der Waals surface area contributed by atoms with Crippen LogP contribution in [0.5, 0.6) is 0 Å². The van der Waals surface area contributed by atoms with Crippen molar-refractivity contribution in [2.45, 2.75) is 25.5 Å². The van der Waals surface area contributed by atoms with Crippen molar-refractivity contribution in [3.63, 3.8) is 0 Å². The van der Waals surface area contributed by atoms with Gasteiger partial charge in [-0.05, 0) is 36.8 Å². The highest BCUT2D eigenvalue weighted by atomic mass is 32.1. The fourth-order valence-corrected chi connectivity index (χ4v) is 2.94. The molecule has 1 N–H and O–H groups in total. The smallest absolute Gasteiger partial charge is 0.178 e. The number of aromatic amines is 1. The number of hydrogen-bond acceptors (Lipinski definition) is 3. The second-order valence-electron chi connectivity index (χ2n) is 5.32. The number of halogens is 1. The van der Waals surface area contributed by atoms with Crippen LogP contribution < -0.4 is 0 Å². The van der Waals surface area contributed by atoms with Crippen LogP contribution in [0.15, 0.2) is 12.1 Å². The molecule has 0 amide bonds. The lowest BCUT2D eigenvalue weighted by molar-refractivity contribution is -0.0290. The molecule has 0 aliphatic carbocycles. The second-order valence-corrected chi connectivity index (χ2v) is 5.71. The highest BCUT2D eigenvalue weighted by Crippen LogP contribution is 2.27. The third-order valence-corrected chi connectivity index (χ3v) is 4.32. The summed E-state index contributed by atoms with van der Waals surface area (Å²) in [6.07, 6.45) is 0.831. The van der Waals surface area contributed by atoms with E-state index in [1.807, 2.05) is 10.6 Å². The van der Waals surface area contributed by atoms with Gasteiger partial charge in [0.2, 0.25) is 0 Å². The van der Waals surface area contributed by atoms with Gasteiger partial charge in [0.05, 0.1) is 24.2 Å². The average Bonchev–Trinajstić information content (AvgIpc) is 2.99. The van der Waals surface area contributed by atoms with Crippen LogP contribution >= 0.6 is 12.2 Å². The molecular formula is C14H17FN2O2S. The number of imidazole rings is 1. The fraction of sp³-hybridized carbons (Fsp3) is 0.500. The summed E-state index contributed by atoms with van der Waals surface area (Å²) in [5.41, 5.74) is 1.87. The second kappa shape index (κ2) is 4.95. The van der Waals surface area contributed by atoms with E-state index in [0.717, 1.165) is 11.9 Å². The zero-order chi connectivity index (χ0) is 14.3. The topological polar surface area (TPSA) is 39.2 Å². The molecule has 0 bridgehead atoms. The molecule has 0 spiro atoms. The van der Waals surface area contributed by atoms with E-state index in [9.17, 15) is 4.39 Å². The number of H-pyrrole nitrogens is 1. The molecule has 20 heavy (non-hydrogen) atoms. The van der Waals surface area contributed by atoms with Gasteiger partial charge in [-0.3, -0.25) is 0 Å². The maximum atomic E-state index is 13.6. The molecule has 1 atom stereocenters. The molecule has 1 fully saturated rings. The Balaban J connectivity index is 2.09. The molecule has 6 heteroatoms. The highest BCUT2D eigenvalue weighted by molar-refractivity contribution is 7.71. The lowest BCUT2D eigenvalue weighted by Crippen LogP contribution is -2.37. The van der Waals surface area contributed by atoms with Gasteiger partial charge in [0.1, 0.15) is 11.4 Å². The van der Waals surface area contributed by atoms with Gasteiger partial charge in [0.15, 0.2) is 4.77 Å². The zero-order valence-corrected chi connectivity index (χ0v) is 12.3. The van der Waals surface area contributed by atoms with Crippen molar-refractivity contribution in [2.75, 3.05) is 20.3 Å². The maximum Gasteiger partial charge on any atom is 0.178 e. The Morgan fingerprint density at radius 1 is 1.55 bits per heavy atom. The van der Waals surface area contributed by atoms with E-state index in [1.165, 1.54) is 6.07 Å². The molecule has 1 aliphatic heterocycles. The largest absolute Gasteiger partial charge is 0.378 e. The Morgan fingerprint density at radius 3 is 3.00 bits per heavy atom. The molecule has 2 heterocycles. The molecule has 4 nitrogen and oxygen atoms in total. The monoisotopic (exact) mass is 296 g/mol. The Bertz CT molecular complexity index is 701. The van der Waals surface area contributed by atoms with Gasteiger partial charge in [-0.15, -0.1) is 0 Å². The van der Waals surface area contributed by atoms with E-state index in [-0.39, 0.29) is 11.4 Å². The first-order valence-corrected chi connectivity index (χ1v) is 6.97. The Labute approximate surface area is 121 Å². The molecular weight excluding hydrogens is 279 g/mol. The van der Waals surface area contributed by atoms with Crippen molar-refractivity contribution in [3.8, 4) is 0 Å². The maximum absolute atomic E-state index is 13.6. The molecule has 1 aromatic carbocycles. The minimum absolute atomic E-state index is 0.230. The Hall–Kier alpha value is -1.24. The summed E-state index contributed by atoms with van der Waals surface area (Å²) in [6.45, 7) is 3.60. The van der Waals surface area contributed by atoms with Crippen molar-refractivity contribution >= 4 is 23.3 Å². The number of hydrogen-bond donors (Lipinski definition) is 1. The van der Waals surface area contributed by atoms with E-state index < -0.39 is 0 Å². The number of ether oxygens (including phenoxy) is 2. The van der Waals surface area contributed by atoms with Crippen molar-refractivity contribution in [3.05, 3.63) is 28.3 Å². The Morgan fingerprint density at radius 2 is 2.35 bits per heavy atom. The minimum atomic E-state index is -0.352. The molecule has 1 aliphatic rings. The van der Waals surface area contributed by atoms with Crippen LogP contribution in [-0.2, 0) is 16.0 Å². The standard InChI is InChI=1S/C14H17FN2O2S/c1-9-5-12-11(6-10(9)15)16-13(20)17(12)7-14(18-2)3-4-19-8-14/h5-6H,3-4,7-8H2,1-2H3,(H,16,20). The Kier molecular flexibility index (Phi) is 3.40. The number of nitrogens with one attached hydrogen (secondary N) is 1. The van der Waals surface area contributed by atoms with Crippen LogP contribution in [0.4, 0.5) is 4.39 Å². The first-order valence-electron chi connectivity index (χ1n) is 6.56. The predicted octanol–water partition coefficient (Wildman–Crippen LogP) is 2.95. The highest BCUT2D eigenvalue weighted by Gasteiger charge is 2.36. The van der Waals surface area contributed by atoms with Gasteiger partial charge in [0.25, 0.3) is 0 Å². The lowest BCUT2D eigenvalue weighted by atomic mass is 10.0. The van der Waals surface area contributed by atoms with E-state index in [1.54, 1.807) is 14.0 Å².